The van der Waals surface area contributed by atoms with E-state index in [1.165, 1.54) is 44.9 Å². The Balaban J connectivity index is 1.91. The molecule has 1 heterocycles. The molecule has 23 heavy (non-hydrogen) atoms. The summed E-state index contributed by atoms with van der Waals surface area (Å²) in [5.41, 5.74) is 0. The van der Waals surface area contributed by atoms with Crippen LogP contribution in [0.2, 0.25) is 0 Å². The van der Waals surface area contributed by atoms with E-state index < -0.39 is 12.2 Å². The SMILES string of the molecule is CCCC[N+]1(CCCC2CCCCC2)C[C@H](CO)[C@@H](O)[C@H](O)C1. The number of unbranched alkanes of at least 4 members (excludes halogenated alkanes) is 1. The van der Waals surface area contributed by atoms with Gasteiger partial charge in [0, 0.05) is 0 Å². The fourth-order valence-electron chi connectivity index (χ4n) is 4.83. The van der Waals surface area contributed by atoms with Gasteiger partial charge < -0.3 is 19.8 Å². The van der Waals surface area contributed by atoms with Crippen LogP contribution >= 0.6 is 0 Å². The quantitative estimate of drug-likeness (QED) is 0.599. The Kier molecular flexibility index (Phi) is 7.80. The van der Waals surface area contributed by atoms with Crippen molar-refractivity contribution in [3.63, 3.8) is 0 Å². The molecule has 2 rings (SSSR count). The van der Waals surface area contributed by atoms with Gasteiger partial charge in [-0.1, -0.05) is 45.4 Å². The van der Waals surface area contributed by atoms with Crippen LogP contribution in [0.15, 0.2) is 0 Å². The summed E-state index contributed by atoms with van der Waals surface area (Å²) in [6.45, 7) is 5.82. The first kappa shape index (κ1) is 19.2. The molecule has 0 bridgehead atoms. The monoisotopic (exact) mass is 328 g/mol. The highest BCUT2D eigenvalue weighted by molar-refractivity contribution is 4.81. The van der Waals surface area contributed by atoms with E-state index in [4.69, 9.17) is 0 Å². The van der Waals surface area contributed by atoms with Gasteiger partial charge in [-0.05, 0) is 25.2 Å². The molecule has 136 valence electrons. The zero-order valence-corrected chi connectivity index (χ0v) is 15.0. The molecular formula is C19H38NO3+. The van der Waals surface area contributed by atoms with Crippen LogP contribution in [0.5, 0.6) is 0 Å². The summed E-state index contributed by atoms with van der Waals surface area (Å²) in [7, 11) is 0. The molecule has 1 unspecified atom stereocenters. The molecule has 1 saturated heterocycles. The smallest absolute Gasteiger partial charge is 0.129 e. The minimum absolute atomic E-state index is 0.0209. The number of nitrogens with zero attached hydrogens (tertiary/aromatic N) is 1. The van der Waals surface area contributed by atoms with Gasteiger partial charge in [0.05, 0.1) is 38.3 Å². The lowest BCUT2D eigenvalue weighted by Gasteiger charge is -2.48. The Hall–Kier alpha value is -0.160. The molecule has 1 aliphatic heterocycles. The van der Waals surface area contributed by atoms with Gasteiger partial charge in [-0.3, -0.25) is 0 Å². The van der Waals surface area contributed by atoms with Crippen molar-refractivity contribution in [2.24, 2.45) is 11.8 Å². The highest BCUT2D eigenvalue weighted by Gasteiger charge is 2.44. The number of likely N-dealkylation sites (tertiary alicyclic amines) is 1. The van der Waals surface area contributed by atoms with Gasteiger partial charge in [0.25, 0.3) is 0 Å². The molecule has 0 aromatic rings. The van der Waals surface area contributed by atoms with Gasteiger partial charge in [-0.2, -0.15) is 0 Å². The highest BCUT2D eigenvalue weighted by atomic mass is 16.3. The molecule has 0 radical (unpaired) electrons. The minimum Gasteiger partial charge on any atom is -0.396 e. The third-order valence-electron chi connectivity index (χ3n) is 6.26. The Labute approximate surface area is 142 Å². The van der Waals surface area contributed by atoms with E-state index in [0.717, 1.165) is 42.9 Å². The molecule has 0 aromatic heterocycles. The van der Waals surface area contributed by atoms with Crippen molar-refractivity contribution in [3.05, 3.63) is 0 Å². The average molecular weight is 329 g/mol. The Morgan fingerprint density at radius 1 is 0.957 bits per heavy atom. The van der Waals surface area contributed by atoms with E-state index >= 15 is 0 Å². The minimum atomic E-state index is -0.758. The molecule has 2 fully saturated rings. The average Bonchev–Trinajstić information content (AvgIpc) is 2.57. The molecule has 0 spiro atoms. The zero-order valence-electron chi connectivity index (χ0n) is 15.0. The van der Waals surface area contributed by atoms with Gasteiger partial charge in [0.1, 0.15) is 12.6 Å². The van der Waals surface area contributed by atoms with Crippen molar-refractivity contribution < 1.29 is 19.8 Å². The molecule has 4 nitrogen and oxygen atoms in total. The molecule has 4 atom stereocenters. The number of aliphatic hydroxyl groups excluding tert-OH is 3. The van der Waals surface area contributed by atoms with E-state index in [1.54, 1.807) is 0 Å². The number of hydrogen-bond donors (Lipinski definition) is 3. The lowest BCUT2D eigenvalue weighted by molar-refractivity contribution is -0.940. The summed E-state index contributed by atoms with van der Waals surface area (Å²) in [4.78, 5) is 0. The Morgan fingerprint density at radius 2 is 1.65 bits per heavy atom. The molecule has 0 aromatic carbocycles. The van der Waals surface area contributed by atoms with E-state index in [9.17, 15) is 15.3 Å². The maximum Gasteiger partial charge on any atom is 0.129 e. The summed E-state index contributed by atoms with van der Waals surface area (Å²) >= 11 is 0. The van der Waals surface area contributed by atoms with Crippen LogP contribution < -0.4 is 0 Å². The summed E-state index contributed by atoms with van der Waals surface area (Å²) < 4.78 is 0.893. The van der Waals surface area contributed by atoms with Gasteiger partial charge in [-0.25, -0.2) is 0 Å². The lowest BCUT2D eigenvalue weighted by atomic mass is 9.85. The molecule has 2 aliphatic rings. The van der Waals surface area contributed by atoms with Crippen LogP contribution in [-0.2, 0) is 0 Å². The van der Waals surface area contributed by atoms with Crippen molar-refractivity contribution in [2.45, 2.75) is 76.9 Å². The maximum absolute atomic E-state index is 10.3. The molecule has 1 aliphatic carbocycles. The van der Waals surface area contributed by atoms with Crippen LogP contribution in [0, 0.1) is 11.8 Å². The van der Waals surface area contributed by atoms with E-state index in [1.807, 2.05) is 0 Å². The van der Waals surface area contributed by atoms with Crippen LogP contribution in [0.1, 0.15) is 64.7 Å². The topological polar surface area (TPSA) is 60.7 Å². The fraction of sp³-hybridized carbons (Fsp3) is 1.00. The van der Waals surface area contributed by atoms with E-state index in [2.05, 4.69) is 6.92 Å². The largest absolute Gasteiger partial charge is 0.396 e. The van der Waals surface area contributed by atoms with Crippen molar-refractivity contribution in [2.75, 3.05) is 32.8 Å². The van der Waals surface area contributed by atoms with Crippen LogP contribution in [-0.4, -0.2) is 64.8 Å². The second-order valence-corrected chi connectivity index (χ2v) is 8.15. The van der Waals surface area contributed by atoms with E-state index in [0.29, 0.717) is 6.54 Å². The summed E-state index contributed by atoms with van der Waals surface area (Å²) in [6, 6.07) is 0. The number of quaternary nitrogens is 1. The number of rotatable bonds is 8. The molecular weight excluding hydrogens is 290 g/mol. The summed E-state index contributed by atoms with van der Waals surface area (Å²) in [5, 5.41) is 30.0. The predicted octanol–water partition coefficient (Wildman–Crippen LogP) is 2.31. The molecule has 3 N–H and O–H groups in total. The second-order valence-electron chi connectivity index (χ2n) is 8.15. The molecule has 0 amide bonds. The number of hydrogen-bond acceptors (Lipinski definition) is 3. The standard InChI is InChI=1S/C19H38NO3/c1-2-3-11-20(12-7-10-16-8-5-4-6-9-16)13-17(15-21)19(23)18(22)14-20/h16-19,21-23H,2-15H2,1H3/q+1/t17-,18-,19-,20?/m1/s1. The van der Waals surface area contributed by atoms with Gasteiger partial charge in [-0.15, -0.1) is 0 Å². The van der Waals surface area contributed by atoms with E-state index in [-0.39, 0.29) is 12.5 Å². The fourth-order valence-corrected chi connectivity index (χ4v) is 4.83. The van der Waals surface area contributed by atoms with Crippen molar-refractivity contribution in [1.82, 2.24) is 0 Å². The Bertz CT molecular complexity index is 333. The third-order valence-corrected chi connectivity index (χ3v) is 6.26. The number of aliphatic hydroxyl groups is 3. The van der Waals surface area contributed by atoms with Gasteiger partial charge >= 0.3 is 0 Å². The highest BCUT2D eigenvalue weighted by Crippen LogP contribution is 2.30. The number of piperidine rings is 1. The Morgan fingerprint density at radius 3 is 2.30 bits per heavy atom. The van der Waals surface area contributed by atoms with Crippen molar-refractivity contribution in [3.8, 4) is 0 Å². The lowest BCUT2D eigenvalue weighted by Crippen LogP contribution is -2.64. The summed E-state index contributed by atoms with van der Waals surface area (Å²) in [6.07, 6.45) is 10.4. The van der Waals surface area contributed by atoms with Gasteiger partial charge in [0.15, 0.2) is 0 Å². The normalized spacial score (nSPS) is 36.3. The van der Waals surface area contributed by atoms with Crippen molar-refractivity contribution in [1.29, 1.82) is 0 Å². The first-order valence-electron chi connectivity index (χ1n) is 9.92. The first-order valence-corrected chi connectivity index (χ1v) is 9.92. The molecule has 4 heteroatoms. The van der Waals surface area contributed by atoms with Crippen molar-refractivity contribution >= 4 is 0 Å². The van der Waals surface area contributed by atoms with Crippen LogP contribution in [0.25, 0.3) is 0 Å². The predicted molar refractivity (Wildman–Crippen MR) is 93.0 cm³/mol. The maximum atomic E-state index is 10.3. The molecule has 1 saturated carbocycles. The van der Waals surface area contributed by atoms with Crippen LogP contribution in [0.4, 0.5) is 0 Å². The third kappa shape index (κ3) is 5.42. The summed E-state index contributed by atoms with van der Waals surface area (Å²) in [5.74, 6) is 0.731. The zero-order chi connectivity index (χ0) is 16.7. The van der Waals surface area contributed by atoms with Crippen LogP contribution in [0.3, 0.4) is 0 Å². The second kappa shape index (κ2) is 9.36. The van der Waals surface area contributed by atoms with Gasteiger partial charge in [0.2, 0.25) is 0 Å². The first-order chi connectivity index (χ1) is 11.1.